The highest BCUT2D eigenvalue weighted by Crippen LogP contribution is 2.30. The van der Waals surface area contributed by atoms with Gasteiger partial charge in [0.05, 0.1) is 19.3 Å². The van der Waals surface area contributed by atoms with E-state index in [0.717, 1.165) is 25.7 Å². The molecule has 0 radical (unpaired) electrons. The molecule has 2 heterocycles. The molecule has 0 spiro atoms. The molecule has 2 saturated heterocycles. The number of carbonyl (C=O) groups excluding carboxylic acids is 1. The van der Waals surface area contributed by atoms with E-state index >= 15 is 0 Å². The van der Waals surface area contributed by atoms with Crippen LogP contribution >= 0.6 is 0 Å². The van der Waals surface area contributed by atoms with Gasteiger partial charge in [0.1, 0.15) is 24.9 Å². The van der Waals surface area contributed by atoms with E-state index in [1.54, 1.807) is 0 Å². The summed E-state index contributed by atoms with van der Waals surface area (Å²) in [5.41, 5.74) is 0. The van der Waals surface area contributed by atoms with Crippen LogP contribution in [0.4, 0.5) is 18.0 Å². The number of rotatable bonds is 4. The average Bonchev–Trinajstić information content (AvgIpc) is 3.09. The van der Waals surface area contributed by atoms with Gasteiger partial charge < -0.3 is 24.8 Å². The van der Waals surface area contributed by atoms with Gasteiger partial charge in [-0.25, -0.2) is 4.79 Å². The third kappa shape index (κ3) is 4.52. The molecule has 138 valence electrons. The molecule has 3 fully saturated rings. The van der Waals surface area contributed by atoms with Crippen LogP contribution in [-0.2, 0) is 14.2 Å². The number of hydrogen-bond acceptors (Lipinski definition) is 4. The first kappa shape index (κ1) is 17.8. The van der Waals surface area contributed by atoms with Gasteiger partial charge in [-0.05, 0) is 12.8 Å². The number of amides is 2. The Kier molecular flexibility index (Phi) is 5.51. The molecule has 2 amide bonds. The van der Waals surface area contributed by atoms with Gasteiger partial charge in [-0.1, -0.05) is 19.3 Å². The second-order valence-electron chi connectivity index (χ2n) is 6.62. The summed E-state index contributed by atoms with van der Waals surface area (Å²) in [6, 6.07) is -0.471. The zero-order valence-electron chi connectivity index (χ0n) is 13.3. The van der Waals surface area contributed by atoms with Crippen molar-refractivity contribution in [1.82, 2.24) is 10.6 Å². The highest BCUT2D eigenvalue weighted by molar-refractivity contribution is 5.74. The van der Waals surface area contributed by atoms with Crippen LogP contribution in [0, 0.1) is 0 Å². The van der Waals surface area contributed by atoms with E-state index in [1.165, 1.54) is 6.42 Å². The molecule has 3 rings (SSSR count). The lowest BCUT2D eigenvalue weighted by Gasteiger charge is -2.24. The highest BCUT2D eigenvalue weighted by Gasteiger charge is 2.49. The molecule has 0 aromatic carbocycles. The van der Waals surface area contributed by atoms with E-state index in [9.17, 15) is 18.0 Å². The Balaban J connectivity index is 1.44. The molecule has 3 aliphatic rings. The molecule has 9 heteroatoms. The zero-order chi connectivity index (χ0) is 17.2. The fraction of sp³-hybridized carbons (Fsp3) is 0.933. The molecule has 4 atom stereocenters. The van der Waals surface area contributed by atoms with Crippen molar-refractivity contribution in [3.8, 4) is 0 Å². The van der Waals surface area contributed by atoms with Gasteiger partial charge in [-0.2, -0.15) is 13.2 Å². The third-order valence-corrected chi connectivity index (χ3v) is 4.73. The minimum Gasteiger partial charge on any atom is -0.370 e. The van der Waals surface area contributed by atoms with Gasteiger partial charge in [0, 0.05) is 6.04 Å². The number of fused-ring (bicyclic) bond motifs is 1. The fourth-order valence-corrected chi connectivity index (χ4v) is 3.57. The van der Waals surface area contributed by atoms with Crippen molar-refractivity contribution >= 4 is 6.03 Å². The predicted molar refractivity (Wildman–Crippen MR) is 77.6 cm³/mol. The van der Waals surface area contributed by atoms with E-state index in [2.05, 4.69) is 10.6 Å². The van der Waals surface area contributed by atoms with E-state index in [4.69, 9.17) is 14.2 Å². The normalized spacial score (nSPS) is 34.1. The maximum absolute atomic E-state index is 12.3. The maximum Gasteiger partial charge on any atom is 0.411 e. The van der Waals surface area contributed by atoms with Crippen LogP contribution in [0.1, 0.15) is 32.1 Å². The van der Waals surface area contributed by atoms with Gasteiger partial charge in [-0.15, -0.1) is 0 Å². The molecule has 0 unspecified atom stereocenters. The number of hydrogen-bond donors (Lipinski definition) is 2. The summed E-state index contributed by atoms with van der Waals surface area (Å²) in [5, 5.41) is 5.75. The Hall–Kier alpha value is -1.06. The highest BCUT2D eigenvalue weighted by atomic mass is 19.4. The summed E-state index contributed by atoms with van der Waals surface area (Å²) in [6.07, 6.45) is -0.804. The summed E-state index contributed by atoms with van der Waals surface area (Å²) in [4.78, 5) is 12.1. The van der Waals surface area contributed by atoms with Crippen molar-refractivity contribution in [3.63, 3.8) is 0 Å². The van der Waals surface area contributed by atoms with Crippen LogP contribution < -0.4 is 10.6 Å². The summed E-state index contributed by atoms with van der Waals surface area (Å²) >= 11 is 0. The molecule has 1 saturated carbocycles. The Morgan fingerprint density at radius 3 is 2.46 bits per heavy atom. The molecule has 6 nitrogen and oxygen atoms in total. The van der Waals surface area contributed by atoms with Gasteiger partial charge in [-0.3, -0.25) is 0 Å². The first-order valence-corrected chi connectivity index (χ1v) is 8.41. The van der Waals surface area contributed by atoms with Crippen LogP contribution in [0.2, 0.25) is 0 Å². The van der Waals surface area contributed by atoms with Crippen LogP contribution in [0.3, 0.4) is 0 Å². The Morgan fingerprint density at radius 1 is 1.04 bits per heavy atom. The maximum atomic E-state index is 12.3. The van der Waals surface area contributed by atoms with Gasteiger partial charge in [0.2, 0.25) is 0 Å². The molecule has 0 aromatic rings. The number of halogens is 3. The van der Waals surface area contributed by atoms with Crippen molar-refractivity contribution in [2.45, 2.75) is 68.7 Å². The average molecular weight is 352 g/mol. The fourth-order valence-electron chi connectivity index (χ4n) is 3.57. The van der Waals surface area contributed by atoms with Crippen LogP contribution in [-0.4, -0.2) is 62.4 Å². The largest absolute Gasteiger partial charge is 0.411 e. The van der Waals surface area contributed by atoms with E-state index in [-0.39, 0.29) is 31.3 Å². The number of alkyl halides is 3. The summed E-state index contributed by atoms with van der Waals surface area (Å²) in [5.74, 6) is 0. The predicted octanol–water partition coefficient (Wildman–Crippen LogP) is 1.73. The topological polar surface area (TPSA) is 68.8 Å². The molecular weight excluding hydrogens is 329 g/mol. The molecular formula is C15H23F3N2O4. The molecule has 2 aliphatic heterocycles. The van der Waals surface area contributed by atoms with Crippen LogP contribution in [0.25, 0.3) is 0 Å². The van der Waals surface area contributed by atoms with Crippen molar-refractivity contribution in [3.05, 3.63) is 0 Å². The first-order valence-electron chi connectivity index (χ1n) is 8.41. The van der Waals surface area contributed by atoms with Gasteiger partial charge in [0.15, 0.2) is 0 Å². The lowest BCUT2D eigenvalue weighted by Crippen LogP contribution is -2.51. The minimum absolute atomic E-state index is 0.0356. The quantitative estimate of drug-likeness (QED) is 0.809. The van der Waals surface area contributed by atoms with Crippen molar-refractivity contribution < 1.29 is 32.2 Å². The Morgan fingerprint density at radius 2 is 1.75 bits per heavy atom. The monoisotopic (exact) mass is 352 g/mol. The van der Waals surface area contributed by atoms with E-state index in [1.807, 2.05) is 0 Å². The third-order valence-electron chi connectivity index (χ3n) is 4.73. The second kappa shape index (κ2) is 7.45. The standard InChI is InChI=1S/C15H23F3N2O4/c16-15(17,18)8-24-11-7-23-12-10(6-22-13(11)12)20-14(21)19-9-4-2-1-3-5-9/h9-13H,1-8H2,(H2,19,20,21)/t10-,11-,12+,13+/m0/s1. The van der Waals surface area contributed by atoms with E-state index in [0.29, 0.717) is 0 Å². The van der Waals surface area contributed by atoms with E-state index < -0.39 is 31.1 Å². The van der Waals surface area contributed by atoms with Crippen molar-refractivity contribution in [2.24, 2.45) is 0 Å². The lowest BCUT2D eigenvalue weighted by molar-refractivity contribution is -0.192. The molecule has 2 N–H and O–H groups in total. The van der Waals surface area contributed by atoms with Gasteiger partial charge >= 0.3 is 12.2 Å². The number of carbonyl (C=O) groups is 1. The zero-order valence-corrected chi connectivity index (χ0v) is 13.3. The van der Waals surface area contributed by atoms with Crippen LogP contribution in [0.5, 0.6) is 0 Å². The first-order chi connectivity index (χ1) is 11.4. The molecule has 1 aliphatic carbocycles. The minimum atomic E-state index is -4.38. The smallest absolute Gasteiger partial charge is 0.370 e. The Bertz CT molecular complexity index is 443. The van der Waals surface area contributed by atoms with Crippen molar-refractivity contribution in [1.29, 1.82) is 0 Å². The van der Waals surface area contributed by atoms with Crippen LogP contribution in [0.15, 0.2) is 0 Å². The molecule has 0 bridgehead atoms. The van der Waals surface area contributed by atoms with Gasteiger partial charge in [0.25, 0.3) is 0 Å². The number of urea groups is 1. The Labute approximate surface area is 138 Å². The molecule has 0 aromatic heterocycles. The summed E-state index contributed by atoms with van der Waals surface area (Å²) in [7, 11) is 0. The number of ether oxygens (including phenoxy) is 3. The second-order valence-corrected chi connectivity index (χ2v) is 6.62. The SMILES string of the molecule is O=C(NC1CCCCC1)N[C@H]1CO[C@H]2[C@@H]1OC[C@@H]2OCC(F)(F)F. The summed E-state index contributed by atoms with van der Waals surface area (Å²) in [6.45, 7) is -1.08. The lowest BCUT2D eigenvalue weighted by atomic mass is 9.96. The molecule has 24 heavy (non-hydrogen) atoms. The van der Waals surface area contributed by atoms with Crippen molar-refractivity contribution in [2.75, 3.05) is 19.8 Å². The summed E-state index contributed by atoms with van der Waals surface area (Å²) < 4.78 is 52.6. The number of nitrogens with one attached hydrogen (secondary N) is 2.